The van der Waals surface area contributed by atoms with Crippen LogP contribution in [0, 0.1) is 5.82 Å². The van der Waals surface area contributed by atoms with Crippen molar-refractivity contribution in [3.05, 3.63) is 53.6 Å². The van der Waals surface area contributed by atoms with E-state index in [1.165, 1.54) is 31.5 Å². The average molecular weight is 441 g/mol. The zero-order valence-corrected chi connectivity index (χ0v) is 16.5. The molecule has 166 valence electrons. The normalized spacial score (nSPS) is 23.4. The van der Waals surface area contributed by atoms with Gasteiger partial charge in [-0.05, 0) is 37.6 Å². The largest absolute Gasteiger partial charge is 0.496 e. The van der Waals surface area contributed by atoms with Crippen molar-refractivity contribution in [2.45, 2.75) is 37.1 Å². The Morgan fingerprint density at radius 1 is 1.32 bits per heavy atom. The van der Waals surface area contributed by atoms with Gasteiger partial charge in [-0.3, -0.25) is 14.6 Å². The van der Waals surface area contributed by atoms with Crippen LogP contribution in [0.4, 0.5) is 23.2 Å². The first kappa shape index (κ1) is 22.5. The molecule has 1 aromatic carbocycles. The fraction of sp³-hybridized carbons (Fsp3) is 0.350. The van der Waals surface area contributed by atoms with Gasteiger partial charge in [0.2, 0.25) is 0 Å². The van der Waals surface area contributed by atoms with Crippen molar-refractivity contribution in [2.24, 2.45) is 5.73 Å². The average Bonchev–Trinajstić information content (AvgIpc) is 3.06. The van der Waals surface area contributed by atoms with Gasteiger partial charge < -0.3 is 20.5 Å². The lowest BCUT2D eigenvalue weighted by molar-refractivity contribution is -0.261. The lowest BCUT2D eigenvalue weighted by Gasteiger charge is -2.27. The molecule has 11 heteroatoms. The predicted octanol–water partition coefficient (Wildman–Crippen LogP) is 3.16. The number of hydrogen-bond acceptors (Lipinski definition) is 5. The van der Waals surface area contributed by atoms with E-state index in [0.29, 0.717) is 0 Å². The van der Waals surface area contributed by atoms with Crippen LogP contribution in [0.25, 0.3) is 0 Å². The number of carbonyl (C=O) groups excluding carboxylic acids is 2. The molecule has 3 atom stereocenters. The lowest BCUT2D eigenvalue weighted by Crippen LogP contribution is -2.43. The Balaban J connectivity index is 2.00. The highest BCUT2D eigenvalue weighted by atomic mass is 19.4. The van der Waals surface area contributed by atoms with E-state index in [0.717, 1.165) is 19.1 Å². The van der Waals surface area contributed by atoms with E-state index in [2.05, 4.69) is 10.3 Å². The zero-order valence-electron chi connectivity index (χ0n) is 16.5. The number of rotatable bonds is 5. The van der Waals surface area contributed by atoms with Crippen LogP contribution >= 0.6 is 0 Å². The molecule has 2 heterocycles. The predicted molar refractivity (Wildman–Crippen MR) is 101 cm³/mol. The fourth-order valence-corrected chi connectivity index (χ4v) is 3.52. The van der Waals surface area contributed by atoms with Crippen molar-refractivity contribution < 1.29 is 36.6 Å². The summed E-state index contributed by atoms with van der Waals surface area (Å²) in [5, 5.41) is 2.38. The monoisotopic (exact) mass is 441 g/mol. The summed E-state index contributed by atoms with van der Waals surface area (Å²) in [5.74, 6) is -3.92. The minimum absolute atomic E-state index is 0.00208. The summed E-state index contributed by atoms with van der Waals surface area (Å²) in [6, 6.07) is 6.28. The van der Waals surface area contributed by atoms with Crippen LogP contribution in [0.2, 0.25) is 0 Å². The molecule has 0 bridgehead atoms. The quantitative estimate of drug-likeness (QED) is 0.694. The highest BCUT2D eigenvalue weighted by Gasteiger charge is 2.61. The van der Waals surface area contributed by atoms with Crippen molar-refractivity contribution in [3.8, 4) is 5.75 Å². The Hall–Kier alpha value is -3.21. The number of aromatic nitrogens is 1. The Morgan fingerprint density at radius 3 is 2.65 bits per heavy atom. The maximum absolute atomic E-state index is 14.6. The zero-order chi connectivity index (χ0) is 23.0. The van der Waals surface area contributed by atoms with Gasteiger partial charge in [0, 0.05) is 23.4 Å². The topological polar surface area (TPSA) is 104 Å². The number of carbonyl (C=O) groups is 2. The number of alkyl halides is 3. The minimum atomic E-state index is -4.81. The number of primary amides is 1. The summed E-state index contributed by atoms with van der Waals surface area (Å²) in [7, 11) is 1.24. The Kier molecular flexibility index (Phi) is 5.90. The fourth-order valence-electron chi connectivity index (χ4n) is 3.52. The first-order valence-electron chi connectivity index (χ1n) is 9.10. The second-order valence-electron chi connectivity index (χ2n) is 7.22. The van der Waals surface area contributed by atoms with E-state index >= 15 is 0 Å². The summed E-state index contributed by atoms with van der Waals surface area (Å²) < 4.78 is 66.0. The number of hydrogen-bond donors (Lipinski definition) is 2. The lowest BCUT2D eigenvalue weighted by atomic mass is 9.85. The van der Waals surface area contributed by atoms with Crippen molar-refractivity contribution in [3.63, 3.8) is 0 Å². The number of halogens is 4. The van der Waals surface area contributed by atoms with E-state index in [4.69, 9.17) is 15.2 Å². The maximum Gasteiger partial charge on any atom is 0.417 e. The van der Waals surface area contributed by atoms with E-state index < -0.39 is 47.9 Å². The van der Waals surface area contributed by atoms with Gasteiger partial charge in [-0.25, -0.2) is 4.39 Å². The third-order valence-corrected chi connectivity index (χ3v) is 5.10. The standard InChI is InChI=1S/C20H19F4N3O4/c1-19(20(22,23)24)9-11(15-12(21)4-3-5-14(15)30-2)16(31-19)18(29)27-10-6-7-26-13(8-10)17(25)28/h3-8,11,16H,9H2,1-2H3,(H2,25,28)(H,26,27,29)/t11-,16+,19+/m0/s1. The number of nitrogens with zero attached hydrogens (tertiary/aromatic N) is 1. The molecule has 1 fully saturated rings. The van der Waals surface area contributed by atoms with E-state index in [1.54, 1.807) is 0 Å². The van der Waals surface area contributed by atoms with Crippen LogP contribution < -0.4 is 15.8 Å². The number of amides is 2. The Morgan fingerprint density at radius 2 is 2.03 bits per heavy atom. The SMILES string of the molecule is COc1cccc(F)c1[C@@H]1C[C@](C)(C(F)(F)F)O[C@H]1C(=O)Nc1ccnc(C(N)=O)c1. The van der Waals surface area contributed by atoms with Crippen LogP contribution in [0.1, 0.15) is 35.3 Å². The Bertz CT molecular complexity index is 1010. The van der Waals surface area contributed by atoms with Gasteiger partial charge in [-0.15, -0.1) is 0 Å². The molecular weight excluding hydrogens is 422 g/mol. The van der Waals surface area contributed by atoms with E-state index in [9.17, 15) is 27.2 Å². The molecule has 2 amide bonds. The number of pyridine rings is 1. The summed E-state index contributed by atoms with van der Waals surface area (Å²) in [4.78, 5) is 27.9. The van der Waals surface area contributed by atoms with Gasteiger partial charge in [0.25, 0.3) is 11.8 Å². The van der Waals surface area contributed by atoms with Crippen molar-refractivity contribution in [2.75, 3.05) is 12.4 Å². The van der Waals surface area contributed by atoms with Gasteiger partial charge >= 0.3 is 6.18 Å². The first-order chi connectivity index (χ1) is 14.5. The highest BCUT2D eigenvalue weighted by molar-refractivity contribution is 5.97. The second-order valence-corrected chi connectivity index (χ2v) is 7.22. The molecule has 1 saturated heterocycles. The van der Waals surface area contributed by atoms with Crippen molar-refractivity contribution in [1.82, 2.24) is 4.98 Å². The molecule has 0 saturated carbocycles. The first-order valence-corrected chi connectivity index (χ1v) is 9.10. The van der Waals surface area contributed by atoms with Gasteiger partial charge in [-0.1, -0.05) is 6.07 Å². The number of anilines is 1. The van der Waals surface area contributed by atoms with Crippen LogP contribution in [0.3, 0.4) is 0 Å². The van der Waals surface area contributed by atoms with Crippen molar-refractivity contribution in [1.29, 1.82) is 0 Å². The molecule has 0 spiro atoms. The molecule has 1 aliphatic heterocycles. The van der Waals surface area contributed by atoms with Gasteiger partial charge in [0.1, 0.15) is 23.4 Å². The molecule has 7 nitrogen and oxygen atoms in total. The Labute approximate surface area is 174 Å². The molecule has 3 rings (SSSR count). The molecule has 1 aliphatic rings. The van der Waals surface area contributed by atoms with Crippen LogP contribution in [-0.2, 0) is 9.53 Å². The third kappa shape index (κ3) is 4.31. The number of nitrogens with one attached hydrogen (secondary N) is 1. The third-order valence-electron chi connectivity index (χ3n) is 5.10. The van der Waals surface area contributed by atoms with E-state index in [-0.39, 0.29) is 22.7 Å². The number of benzene rings is 1. The summed E-state index contributed by atoms with van der Waals surface area (Å²) >= 11 is 0. The van der Waals surface area contributed by atoms with Gasteiger partial charge in [0.15, 0.2) is 5.60 Å². The van der Waals surface area contributed by atoms with Gasteiger partial charge in [0.05, 0.1) is 7.11 Å². The summed E-state index contributed by atoms with van der Waals surface area (Å²) in [6.45, 7) is 0.804. The highest BCUT2D eigenvalue weighted by Crippen LogP contribution is 2.51. The minimum Gasteiger partial charge on any atom is -0.496 e. The second kappa shape index (κ2) is 8.14. The molecule has 0 radical (unpaired) electrons. The number of ether oxygens (including phenoxy) is 2. The molecule has 0 aliphatic carbocycles. The number of methoxy groups -OCH3 is 1. The molecule has 3 N–H and O–H groups in total. The maximum atomic E-state index is 14.6. The summed E-state index contributed by atoms with van der Waals surface area (Å²) in [6.07, 6.45) is -6.01. The molecule has 2 aromatic rings. The van der Waals surface area contributed by atoms with Crippen LogP contribution in [0.15, 0.2) is 36.5 Å². The smallest absolute Gasteiger partial charge is 0.417 e. The molecule has 1 aromatic heterocycles. The number of nitrogens with two attached hydrogens (primary N) is 1. The summed E-state index contributed by atoms with van der Waals surface area (Å²) in [5.41, 5.74) is 2.18. The molecule has 0 unspecified atom stereocenters. The van der Waals surface area contributed by atoms with Crippen LogP contribution in [-0.4, -0.2) is 41.8 Å². The molecular formula is C20H19F4N3O4. The van der Waals surface area contributed by atoms with Crippen LogP contribution in [0.5, 0.6) is 5.75 Å². The van der Waals surface area contributed by atoms with Crippen molar-refractivity contribution >= 4 is 17.5 Å². The van der Waals surface area contributed by atoms with Gasteiger partial charge in [-0.2, -0.15) is 13.2 Å². The molecule has 31 heavy (non-hydrogen) atoms. The van der Waals surface area contributed by atoms with E-state index in [1.807, 2.05) is 0 Å².